The standard InChI is InChI=1S/C47H31N3O/c1-4-16-32(17-5-1)47-48-41-27-15-29-43(46(41)51-47)49(35-20-6-2-7-21-35)37-24-14-19-33(30-37)40-31-34-18-10-11-25-38(34)45-44(40)39-26-12-13-28-42(39)50(45)36-22-8-3-9-23-36/h1-31H. The minimum absolute atomic E-state index is 0.605. The number of hydrogen-bond donors (Lipinski definition) is 0. The Morgan fingerprint density at radius 2 is 1.16 bits per heavy atom. The van der Waals surface area contributed by atoms with Crippen LogP contribution in [0.25, 0.3) is 71.9 Å². The molecule has 0 radical (unpaired) electrons. The first-order valence-electron chi connectivity index (χ1n) is 17.2. The van der Waals surface area contributed by atoms with Crippen LogP contribution in [0.2, 0.25) is 0 Å². The highest BCUT2D eigenvalue weighted by Crippen LogP contribution is 2.45. The van der Waals surface area contributed by atoms with Gasteiger partial charge in [0.1, 0.15) is 5.52 Å². The molecule has 0 spiro atoms. The fraction of sp³-hybridized carbons (Fsp3) is 0. The number of nitrogens with zero attached hydrogens (tertiary/aromatic N) is 3. The molecule has 2 heterocycles. The highest BCUT2D eigenvalue weighted by Gasteiger charge is 2.22. The zero-order chi connectivity index (χ0) is 33.7. The smallest absolute Gasteiger partial charge is 0.227 e. The molecule has 4 nitrogen and oxygen atoms in total. The molecular formula is C47H31N3O. The van der Waals surface area contributed by atoms with E-state index in [0.29, 0.717) is 5.89 Å². The van der Waals surface area contributed by atoms with Crippen molar-refractivity contribution < 1.29 is 4.42 Å². The maximum absolute atomic E-state index is 6.57. The van der Waals surface area contributed by atoms with Gasteiger partial charge in [0.15, 0.2) is 5.58 Å². The monoisotopic (exact) mass is 653 g/mol. The molecule has 0 atom stereocenters. The van der Waals surface area contributed by atoms with Crippen LogP contribution >= 0.6 is 0 Å². The number of fused-ring (bicyclic) bond motifs is 6. The summed E-state index contributed by atoms with van der Waals surface area (Å²) in [4.78, 5) is 7.18. The Balaban J connectivity index is 1.23. The highest BCUT2D eigenvalue weighted by molar-refractivity contribution is 6.24. The van der Waals surface area contributed by atoms with Gasteiger partial charge in [-0.3, -0.25) is 0 Å². The van der Waals surface area contributed by atoms with Crippen LogP contribution in [0, 0.1) is 0 Å². The molecule has 240 valence electrons. The zero-order valence-corrected chi connectivity index (χ0v) is 27.6. The zero-order valence-electron chi connectivity index (χ0n) is 27.6. The van der Waals surface area contributed by atoms with Crippen LogP contribution in [0.1, 0.15) is 0 Å². The first kappa shape index (κ1) is 29.0. The van der Waals surface area contributed by atoms with E-state index in [0.717, 1.165) is 45.0 Å². The Hall–Kier alpha value is -6.91. The number of benzene rings is 8. The van der Waals surface area contributed by atoms with Gasteiger partial charge in [0, 0.05) is 38.8 Å². The van der Waals surface area contributed by atoms with Gasteiger partial charge in [-0.05, 0) is 89.3 Å². The Kier molecular flexibility index (Phi) is 6.78. The molecule has 0 N–H and O–H groups in total. The number of rotatable bonds is 6. The van der Waals surface area contributed by atoms with Crippen molar-refractivity contribution in [3.63, 3.8) is 0 Å². The lowest BCUT2D eigenvalue weighted by Gasteiger charge is -2.26. The van der Waals surface area contributed by atoms with Crippen molar-refractivity contribution in [2.45, 2.75) is 0 Å². The Morgan fingerprint density at radius 3 is 1.98 bits per heavy atom. The number of aromatic nitrogens is 2. The lowest BCUT2D eigenvalue weighted by Crippen LogP contribution is -2.10. The minimum atomic E-state index is 0.605. The summed E-state index contributed by atoms with van der Waals surface area (Å²) in [6.07, 6.45) is 0. The molecule has 51 heavy (non-hydrogen) atoms. The summed E-state index contributed by atoms with van der Waals surface area (Å²) in [6, 6.07) is 66.2. The van der Waals surface area contributed by atoms with Gasteiger partial charge in [-0.15, -0.1) is 0 Å². The Morgan fingerprint density at radius 1 is 0.510 bits per heavy atom. The van der Waals surface area contributed by atoms with E-state index >= 15 is 0 Å². The van der Waals surface area contributed by atoms with Crippen molar-refractivity contribution >= 4 is 60.7 Å². The van der Waals surface area contributed by atoms with Gasteiger partial charge in [-0.1, -0.05) is 115 Å². The van der Waals surface area contributed by atoms with Crippen LogP contribution in [-0.4, -0.2) is 9.55 Å². The van der Waals surface area contributed by atoms with Crippen molar-refractivity contribution in [2.75, 3.05) is 4.90 Å². The highest BCUT2D eigenvalue weighted by atomic mass is 16.3. The molecule has 0 aliphatic rings. The quantitative estimate of drug-likeness (QED) is 0.179. The summed E-state index contributed by atoms with van der Waals surface area (Å²) in [6.45, 7) is 0. The number of anilines is 3. The van der Waals surface area contributed by atoms with E-state index in [9.17, 15) is 0 Å². The predicted molar refractivity (Wildman–Crippen MR) is 211 cm³/mol. The fourth-order valence-electron chi connectivity index (χ4n) is 7.54. The van der Waals surface area contributed by atoms with E-state index in [-0.39, 0.29) is 0 Å². The van der Waals surface area contributed by atoms with Crippen molar-refractivity contribution in [3.8, 4) is 28.3 Å². The molecule has 10 rings (SSSR count). The summed E-state index contributed by atoms with van der Waals surface area (Å²) in [5.74, 6) is 0.605. The normalized spacial score (nSPS) is 11.5. The molecule has 0 saturated heterocycles. The molecule has 0 unspecified atom stereocenters. The average Bonchev–Trinajstić information content (AvgIpc) is 3.80. The third kappa shape index (κ3) is 4.80. The number of para-hydroxylation sites is 4. The van der Waals surface area contributed by atoms with Crippen molar-refractivity contribution in [1.29, 1.82) is 0 Å². The molecule has 0 aliphatic carbocycles. The Labute approximate surface area is 295 Å². The molecule has 8 aromatic carbocycles. The maximum atomic E-state index is 6.57. The maximum Gasteiger partial charge on any atom is 0.227 e. The molecule has 0 amide bonds. The van der Waals surface area contributed by atoms with E-state index < -0.39 is 0 Å². The number of hydrogen-bond acceptors (Lipinski definition) is 3. The Bertz CT molecular complexity index is 2850. The molecular weight excluding hydrogens is 623 g/mol. The fourth-order valence-corrected chi connectivity index (χ4v) is 7.54. The van der Waals surface area contributed by atoms with E-state index in [1.165, 1.54) is 38.1 Å². The van der Waals surface area contributed by atoms with E-state index in [4.69, 9.17) is 9.40 Å². The summed E-state index contributed by atoms with van der Waals surface area (Å²) in [5, 5.41) is 4.89. The predicted octanol–water partition coefficient (Wildman–Crippen LogP) is 12.9. The molecule has 2 aromatic heterocycles. The first-order chi connectivity index (χ1) is 25.3. The van der Waals surface area contributed by atoms with Crippen LogP contribution < -0.4 is 4.90 Å². The third-order valence-corrected chi connectivity index (χ3v) is 9.76. The first-order valence-corrected chi connectivity index (χ1v) is 17.2. The second-order valence-electron chi connectivity index (χ2n) is 12.8. The lowest BCUT2D eigenvalue weighted by atomic mass is 9.94. The van der Waals surface area contributed by atoms with Gasteiger partial charge in [0.25, 0.3) is 0 Å². The topological polar surface area (TPSA) is 34.2 Å². The van der Waals surface area contributed by atoms with Crippen LogP contribution in [-0.2, 0) is 0 Å². The summed E-state index contributed by atoms with van der Waals surface area (Å²) in [5.41, 5.74) is 11.3. The van der Waals surface area contributed by atoms with Gasteiger partial charge >= 0.3 is 0 Å². The van der Waals surface area contributed by atoms with Gasteiger partial charge in [-0.2, -0.15) is 0 Å². The second-order valence-corrected chi connectivity index (χ2v) is 12.8. The minimum Gasteiger partial charge on any atom is -0.434 e. The van der Waals surface area contributed by atoms with Gasteiger partial charge in [0.2, 0.25) is 5.89 Å². The molecule has 10 aromatic rings. The van der Waals surface area contributed by atoms with Crippen molar-refractivity contribution in [1.82, 2.24) is 9.55 Å². The van der Waals surface area contributed by atoms with Gasteiger partial charge in [-0.25, -0.2) is 4.98 Å². The number of oxazole rings is 1. The van der Waals surface area contributed by atoms with E-state index in [1.807, 2.05) is 36.4 Å². The van der Waals surface area contributed by atoms with Crippen LogP contribution in [0.4, 0.5) is 17.1 Å². The molecule has 0 fully saturated rings. The summed E-state index contributed by atoms with van der Waals surface area (Å²) >= 11 is 0. The molecule has 4 heteroatoms. The summed E-state index contributed by atoms with van der Waals surface area (Å²) in [7, 11) is 0. The third-order valence-electron chi connectivity index (χ3n) is 9.76. The SMILES string of the molecule is c1ccc(-c2nc3cccc(N(c4ccccc4)c4cccc(-c5cc6ccccc6c6c5c5ccccc5n6-c5ccccc5)c4)c3o2)cc1. The average molecular weight is 654 g/mol. The molecule has 0 bridgehead atoms. The van der Waals surface area contributed by atoms with Crippen LogP contribution in [0.15, 0.2) is 192 Å². The molecule has 0 aliphatic heterocycles. The van der Waals surface area contributed by atoms with Crippen molar-refractivity contribution in [3.05, 3.63) is 188 Å². The van der Waals surface area contributed by atoms with E-state index in [2.05, 4.69) is 161 Å². The summed E-state index contributed by atoms with van der Waals surface area (Å²) < 4.78 is 8.99. The van der Waals surface area contributed by atoms with Crippen LogP contribution in [0.5, 0.6) is 0 Å². The van der Waals surface area contributed by atoms with E-state index in [1.54, 1.807) is 0 Å². The molecule has 0 saturated carbocycles. The largest absolute Gasteiger partial charge is 0.434 e. The second kappa shape index (κ2) is 11.9. The van der Waals surface area contributed by atoms with Gasteiger partial charge in [0.05, 0.1) is 16.7 Å². The van der Waals surface area contributed by atoms with Crippen LogP contribution in [0.3, 0.4) is 0 Å². The van der Waals surface area contributed by atoms with Crippen molar-refractivity contribution in [2.24, 2.45) is 0 Å². The lowest BCUT2D eigenvalue weighted by molar-refractivity contribution is 0.620. The van der Waals surface area contributed by atoms with Gasteiger partial charge < -0.3 is 13.9 Å².